The fraction of sp³-hybridized carbons (Fsp3) is 0.920. The highest BCUT2D eigenvalue weighted by Gasteiger charge is 2.52. The maximum Gasteiger partial charge on any atom is 0.376 e. The molecule has 0 spiro atoms. The number of rotatable bonds is 20. The number of hydrogen-bond acceptors (Lipinski definition) is 2. The van der Waals surface area contributed by atoms with Gasteiger partial charge in [-0.15, -0.1) is 0 Å². The van der Waals surface area contributed by atoms with E-state index in [2.05, 4.69) is 19.1 Å². The minimum Gasteiger partial charge on any atom is -0.590 e. The highest BCUT2D eigenvalue weighted by atomic mass is 31.1. The lowest BCUT2D eigenvalue weighted by Crippen LogP contribution is -2.55. The summed E-state index contributed by atoms with van der Waals surface area (Å²) in [5.41, 5.74) is 0. The molecule has 3 nitrogen and oxygen atoms in total. The van der Waals surface area contributed by atoms with Gasteiger partial charge >= 0.3 is 8.03 Å². The van der Waals surface area contributed by atoms with E-state index in [4.69, 9.17) is 0 Å². The smallest absolute Gasteiger partial charge is 0.376 e. The third-order valence-electron chi connectivity index (χ3n) is 6.49. The van der Waals surface area contributed by atoms with Crippen molar-refractivity contribution in [1.29, 1.82) is 0 Å². The molecule has 0 fully saturated rings. The van der Waals surface area contributed by atoms with Gasteiger partial charge in [-0.25, -0.2) is 0 Å². The molecule has 0 amide bonds. The van der Waals surface area contributed by atoms with Crippen LogP contribution in [0.2, 0.25) is 0 Å². The first-order chi connectivity index (χ1) is 13.8. The van der Waals surface area contributed by atoms with Crippen molar-refractivity contribution in [2.24, 2.45) is 0 Å². The lowest BCUT2D eigenvalue weighted by atomic mass is 10.0. The Hall–Kier alpha value is -0.240. The zero-order valence-corrected chi connectivity index (χ0v) is 21.3. The Balaban J connectivity index is 3.65. The number of nitrogens with zero attached hydrogens (tertiary/aromatic N) is 1. The van der Waals surface area contributed by atoms with E-state index < -0.39 is 13.3 Å². The summed E-state index contributed by atoms with van der Waals surface area (Å²) in [5, 5.41) is -0.617. The highest BCUT2D eigenvalue weighted by molar-refractivity contribution is 7.38. The summed E-state index contributed by atoms with van der Waals surface area (Å²) in [6.45, 7) is 4.28. The van der Waals surface area contributed by atoms with Crippen LogP contribution in [0.5, 0.6) is 0 Å². The summed E-state index contributed by atoms with van der Waals surface area (Å²) in [6.07, 6.45) is 25.8. The van der Waals surface area contributed by atoms with Gasteiger partial charge in [0.05, 0.1) is 21.1 Å². The topological polar surface area (TPSA) is 40.1 Å². The first-order valence-electron chi connectivity index (χ1n) is 12.4. The molecule has 0 saturated carbocycles. The lowest BCUT2D eigenvalue weighted by Gasteiger charge is -2.39. The molecule has 0 aliphatic rings. The van der Waals surface area contributed by atoms with Gasteiger partial charge < -0.3 is 4.89 Å². The summed E-state index contributed by atoms with van der Waals surface area (Å²) in [5.74, 6) is 0. The van der Waals surface area contributed by atoms with E-state index in [0.29, 0.717) is 10.9 Å². The van der Waals surface area contributed by atoms with Crippen LogP contribution in [-0.4, -0.2) is 30.9 Å². The molecule has 0 N–H and O–H groups in total. The van der Waals surface area contributed by atoms with Crippen LogP contribution in [0.25, 0.3) is 0 Å². The molecule has 172 valence electrons. The quantitative estimate of drug-likeness (QED) is 0.0861. The molecule has 0 aliphatic carbocycles. The molecular weight excluding hydrogens is 377 g/mol. The van der Waals surface area contributed by atoms with Crippen LogP contribution in [0.1, 0.15) is 123 Å². The zero-order valence-electron chi connectivity index (χ0n) is 20.4. The molecular formula is C25H51NO2P+. The van der Waals surface area contributed by atoms with Crippen molar-refractivity contribution < 1.29 is 13.9 Å². The van der Waals surface area contributed by atoms with Gasteiger partial charge in [0.25, 0.3) is 5.28 Å². The molecule has 2 unspecified atom stereocenters. The van der Waals surface area contributed by atoms with Gasteiger partial charge in [0, 0.05) is 12.8 Å². The van der Waals surface area contributed by atoms with Gasteiger partial charge in [0.1, 0.15) is 0 Å². The normalized spacial score (nSPS) is 15.0. The fourth-order valence-corrected chi connectivity index (χ4v) is 5.37. The van der Waals surface area contributed by atoms with E-state index in [0.717, 1.165) is 25.7 Å². The molecule has 0 rings (SSSR count). The fourth-order valence-electron chi connectivity index (χ4n) is 4.28. The second kappa shape index (κ2) is 17.4. The average Bonchev–Trinajstić information content (AvgIpc) is 2.66. The Morgan fingerprint density at radius 2 is 1.14 bits per heavy atom. The van der Waals surface area contributed by atoms with Crippen LogP contribution in [0.15, 0.2) is 12.2 Å². The van der Waals surface area contributed by atoms with Gasteiger partial charge in [-0.05, 0) is 32.1 Å². The third-order valence-corrected chi connectivity index (χ3v) is 8.31. The monoisotopic (exact) mass is 428 g/mol. The Labute approximate surface area is 183 Å². The zero-order chi connectivity index (χ0) is 22.0. The maximum absolute atomic E-state index is 11.9. The third kappa shape index (κ3) is 12.9. The summed E-state index contributed by atoms with van der Waals surface area (Å²) in [7, 11) is 3.58. The number of hydrogen-bond donors (Lipinski definition) is 0. The van der Waals surface area contributed by atoms with Crippen molar-refractivity contribution in [3.63, 3.8) is 0 Å². The Bertz CT molecular complexity index is 431. The van der Waals surface area contributed by atoms with Crippen LogP contribution < -0.4 is 4.89 Å². The summed E-state index contributed by atoms with van der Waals surface area (Å²) in [4.78, 5) is 11.9. The molecule has 0 aromatic carbocycles. The van der Waals surface area contributed by atoms with Gasteiger partial charge in [-0.2, -0.15) is 0 Å². The SMILES string of the molecule is CCCCCCCCCCCCC/C=C\CCCCC(CC)([P+](=O)[O-])[N+](C)(C)C. The van der Waals surface area contributed by atoms with Gasteiger partial charge in [-0.1, -0.05) is 94.8 Å². The lowest BCUT2D eigenvalue weighted by molar-refractivity contribution is -0.910. The molecule has 2 atom stereocenters. The number of unbranched alkanes of at least 4 members (excludes halogenated alkanes) is 13. The van der Waals surface area contributed by atoms with E-state index in [9.17, 15) is 9.46 Å². The molecule has 0 heterocycles. The Morgan fingerprint density at radius 1 is 0.724 bits per heavy atom. The van der Waals surface area contributed by atoms with Gasteiger partial charge in [0.15, 0.2) is 0 Å². The molecule has 0 aromatic rings. The molecule has 0 aliphatic heterocycles. The first-order valence-corrected chi connectivity index (χ1v) is 13.6. The van der Waals surface area contributed by atoms with E-state index in [1.54, 1.807) is 0 Å². The molecule has 0 bridgehead atoms. The van der Waals surface area contributed by atoms with E-state index >= 15 is 0 Å². The van der Waals surface area contributed by atoms with Crippen LogP contribution in [0, 0.1) is 0 Å². The molecule has 0 aromatic heterocycles. The Kier molecular flexibility index (Phi) is 17.3. The van der Waals surface area contributed by atoms with E-state index in [1.165, 1.54) is 77.0 Å². The van der Waals surface area contributed by atoms with Crippen molar-refractivity contribution >= 4 is 8.03 Å². The average molecular weight is 429 g/mol. The highest BCUT2D eigenvalue weighted by Crippen LogP contribution is 2.44. The van der Waals surface area contributed by atoms with Crippen molar-refractivity contribution in [3.05, 3.63) is 12.2 Å². The predicted molar refractivity (Wildman–Crippen MR) is 127 cm³/mol. The first kappa shape index (κ1) is 28.8. The molecule has 0 radical (unpaired) electrons. The number of quaternary nitrogens is 1. The van der Waals surface area contributed by atoms with Crippen molar-refractivity contribution in [3.8, 4) is 0 Å². The van der Waals surface area contributed by atoms with Crippen LogP contribution >= 0.6 is 8.03 Å². The second-order valence-electron chi connectivity index (χ2n) is 9.65. The van der Waals surface area contributed by atoms with Crippen molar-refractivity contribution in [2.45, 2.75) is 128 Å². The van der Waals surface area contributed by atoms with Crippen LogP contribution in [0.4, 0.5) is 0 Å². The van der Waals surface area contributed by atoms with Gasteiger partial charge in [-0.3, -0.25) is 4.48 Å². The molecule has 0 saturated heterocycles. The van der Waals surface area contributed by atoms with Crippen LogP contribution in [-0.2, 0) is 4.57 Å². The summed E-state index contributed by atoms with van der Waals surface area (Å²) in [6, 6.07) is 0. The maximum atomic E-state index is 11.9. The van der Waals surface area contributed by atoms with Crippen molar-refractivity contribution in [1.82, 2.24) is 0 Å². The standard InChI is InChI=1S/C25H51NO2P/c1-6-8-9-10-11-12-13-14-15-16-17-18-19-20-21-22-23-24-25(7-2,29(27)28)26(3,4)5/h19-20H,6-18,21-24H2,1-5H3/q+1/b20-19-. The van der Waals surface area contributed by atoms with Gasteiger partial charge in [0.2, 0.25) is 0 Å². The molecule has 4 heteroatoms. The number of allylic oxidation sites excluding steroid dienone is 2. The van der Waals surface area contributed by atoms with E-state index in [-0.39, 0.29) is 0 Å². The minimum absolute atomic E-state index is 0.497. The van der Waals surface area contributed by atoms with Crippen LogP contribution in [0.3, 0.4) is 0 Å². The van der Waals surface area contributed by atoms with Crippen molar-refractivity contribution in [2.75, 3.05) is 21.1 Å². The summed E-state index contributed by atoms with van der Waals surface area (Å²) >= 11 is 0. The second-order valence-corrected chi connectivity index (χ2v) is 11.0. The predicted octanol–water partition coefficient (Wildman–Crippen LogP) is 7.72. The Morgan fingerprint density at radius 3 is 1.52 bits per heavy atom. The largest absolute Gasteiger partial charge is 0.590 e. The van der Waals surface area contributed by atoms with E-state index in [1.807, 2.05) is 28.1 Å². The summed E-state index contributed by atoms with van der Waals surface area (Å²) < 4.78 is 12.4. The molecule has 29 heavy (non-hydrogen) atoms. The minimum atomic E-state index is -2.43.